The Kier molecular flexibility index (Phi) is 3.43. The van der Waals surface area contributed by atoms with Crippen molar-refractivity contribution in [1.29, 1.82) is 0 Å². The third kappa shape index (κ3) is 2.52. The van der Waals surface area contributed by atoms with Crippen LogP contribution in [0.4, 0.5) is 0 Å². The molecule has 16 heavy (non-hydrogen) atoms. The van der Waals surface area contributed by atoms with Gasteiger partial charge in [0.1, 0.15) is 0 Å². The number of hydrogen-bond donors (Lipinski definition) is 1. The van der Waals surface area contributed by atoms with Gasteiger partial charge in [-0.3, -0.25) is 14.4 Å². The Hall–Kier alpha value is -1.10. The van der Waals surface area contributed by atoms with Crippen LogP contribution in [0, 0.1) is 0 Å². The van der Waals surface area contributed by atoms with E-state index in [1.165, 1.54) is 19.3 Å². The van der Waals surface area contributed by atoms with Crippen molar-refractivity contribution in [2.75, 3.05) is 6.54 Å². The molecule has 2 rings (SSSR count). The van der Waals surface area contributed by atoms with Crippen molar-refractivity contribution in [3.8, 4) is 0 Å². The van der Waals surface area contributed by atoms with E-state index in [2.05, 4.69) is 33.4 Å². The summed E-state index contributed by atoms with van der Waals surface area (Å²) >= 11 is 0. The van der Waals surface area contributed by atoms with Crippen LogP contribution in [-0.4, -0.2) is 33.7 Å². The molecule has 1 fully saturated rings. The normalized spacial score (nSPS) is 22.8. The minimum Gasteiger partial charge on any atom is -0.298 e. The molecule has 5 heteroatoms. The number of nitrogens with one attached hydrogen (secondary N) is 1. The van der Waals surface area contributed by atoms with Gasteiger partial charge in [0.05, 0.1) is 0 Å². The summed E-state index contributed by atoms with van der Waals surface area (Å²) in [5, 5.41) is 3.73. The van der Waals surface area contributed by atoms with Gasteiger partial charge in [0, 0.05) is 18.5 Å². The summed E-state index contributed by atoms with van der Waals surface area (Å²) in [6.45, 7) is 5.57. The maximum atomic E-state index is 10.8. The molecule has 1 aliphatic heterocycles. The second-order valence-electron chi connectivity index (χ2n) is 4.73. The van der Waals surface area contributed by atoms with E-state index in [0.717, 1.165) is 13.0 Å². The smallest absolute Gasteiger partial charge is 0.298 e. The lowest BCUT2D eigenvalue weighted by atomic mass is 9.97. The topological polar surface area (TPSA) is 62.1 Å². The minimum atomic E-state index is -0.457. The van der Waals surface area contributed by atoms with Crippen LogP contribution in [0.15, 0.2) is 9.32 Å². The second-order valence-corrected chi connectivity index (χ2v) is 4.73. The lowest BCUT2D eigenvalue weighted by molar-refractivity contribution is 0.110. The fraction of sp³-hybridized carbons (Fsp3) is 0.818. The molecule has 0 aromatic carbocycles. The molecule has 5 nitrogen and oxygen atoms in total. The Morgan fingerprint density at radius 2 is 2.38 bits per heavy atom. The maximum absolute atomic E-state index is 10.8. The zero-order valence-corrected chi connectivity index (χ0v) is 9.90. The molecule has 0 bridgehead atoms. The molecule has 1 N–H and O–H groups in total. The van der Waals surface area contributed by atoms with Crippen molar-refractivity contribution in [2.24, 2.45) is 0 Å². The minimum absolute atomic E-state index is 0.457. The average molecular weight is 225 g/mol. The summed E-state index contributed by atoms with van der Waals surface area (Å²) in [7, 11) is 0. The van der Waals surface area contributed by atoms with E-state index in [0.29, 0.717) is 17.9 Å². The third-order valence-corrected chi connectivity index (χ3v) is 3.25. The van der Waals surface area contributed by atoms with E-state index < -0.39 is 5.76 Å². The zero-order chi connectivity index (χ0) is 11.5. The van der Waals surface area contributed by atoms with E-state index in [1.807, 2.05) is 0 Å². The van der Waals surface area contributed by atoms with Crippen LogP contribution in [0.2, 0.25) is 0 Å². The van der Waals surface area contributed by atoms with Crippen molar-refractivity contribution >= 4 is 0 Å². The lowest BCUT2D eigenvalue weighted by Crippen LogP contribution is -2.45. The fourth-order valence-electron chi connectivity index (χ4n) is 2.49. The van der Waals surface area contributed by atoms with E-state index in [4.69, 9.17) is 0 Å². The van der Waals surface area contributed by atoms with Gasteiger partial charge >= 0.3 is 5.76 Å². The second kappa shape index (κ2) is 4.82. The maximum Gasteiger partial charge on any atom is 0.438 e. The first kappa shape index (κ1) is 11.4. The largest absolute Gasteiger partial charge is 0.438 e. The number of rotatable bonds is 3. The molecule has 1 aliphatic rings. The first-order chi connectivity index (χ1) is 7.66. The Labute approximate surface area is 94.8 Å². The SMILES string of the molecule is CC(C)N1CCCCC1Cc1noc(=O)[nH]1. The quantitative estimate of drug-likeness (QED) is 0.838. The standard InChI is InChI=1S/C11H19N3O2/c1-8(2)14-6-4-3-5-9(14)7-10-12-11(15)16-13-10/h8-9H,3-7H2,1-2H3,(H,12,13,15). The third-order valence-electron chi connectivity index (χ3n) is 3.25. The van der Waals surface area contributed by atoms with Gasteiger partial charge in [-0.15, -0.1) is 0 Å². The summed E-state index contributed by atoms with van der Waals surface area (Å²) in [5.74, 6) is 0.212. The van der Waals surface area contributed by atoms with Gasteiger partial charge in [0.15, 0.2) is 5.82 Å². The first-order valence-corrected chi connectivity index (χ1v) is 5.97. The molecule has 0 radical (unpaired) electrons. The van der Waals surface area contributed by atoms with Gasteiger partial charge in [-0.05, 0) is 33.2 Å². The summed E-state index contributed by atoms with van der Waals surface area (Å²) in [6.07, 6.45) is 4.48. The first-order valence-electron chi connectivity index (χ1n) is 5.97. The molecule has 90 valence electrons. The van der Waals surface area contributed by atoms with Crippen LogP contribution in [0.5, 0.6) is 0 Å². The van der Waals surface area contributed by atoms with E-state index in [1.54, 1.807) is 0 Å². The molecular formula is C11H19N3O2. The van der Waals surface area contributed by atoms with Crippen LogP contribution in [0.1, 0.15) is 38.9 Å². The molecule has 1 aromatic heterocycles. The number of hydrogen-bond acceptors (Lipinski definition) is 4. The molecule has 1 unspecified atom stereocenters. The predicted molar refractivity (Wildman–Crippen MR) is 60.3 cm³/mol. The van der Waals surface area contributed by atoms with E-state index in [9.17, 15) is 4.79 Å². The molecule has 0 spiro atoms. The van der Waals surface area contributed by atoms with Crippen LogP contribution in [0.3, 0.4) is 0 Å². The predicted octanol–water partition coefficient (Wildman–Crippen LogP) is 1.17. The van der Waals surface area contributed by atoms with Crippen LogP contribution in [0.25, 0.3) is 0 Å². The molecule has 1 atom stereocenters. The van der Waals surface area contributed by atoms with Crippen LogP contribution in [-0.2, 0) is 6.42 Å². The van der Waals surface area contributed by atoms with Gasteiger partial charge in [-0.1, -0.05) is 11.6 Å². The zero-order valence-electron chi connectivity index (χ0n) is 9.90. The van der Waals surface area contributed by atoms with Crippen molar-refractivity contribution in [3.63, 3.8) is 0 Å². The molecule has 1 aromatic rings. The number of aromatic amines is 1. The van der Waals surface area contributed by atoms with Gasteiger partial charge in [-0.25, -0.2) is 4.79 Å². The van der Waals surface area contributed by atoms with Crippen LogP contribution < -0.4 is 5.76 Å². The van der Waals surface area contributed by atoms with Gasteiger partial charge in [-0.2, -0.15) is 0 Å². The Bertz CT molecular complexity index is 383. The van der Waals surface area contributed by atoms with E-state index in [-0.39, 0.29) is 0 Å². The van der Waals surface area contributed by atoms with Gasteiger partial charge in [0.2, 0.25) is 0 Å². The van der Waals surface area contributed by atoms with Crippen molar-refractivity contribution in [3.05, 3.63) is 16.4 Å². The van der Waals surface area contributed by atoms with E-state index >= 15 is 0 Å². The molecule has 0 saturated carbocycles. The summed E-state index contributed by atoms with van der Waals surface area (Å²) < 4.78 is 4.52. The van der Waals surface area contributed by atoms with Gasteiger partial charge < -0.3 is 0 Å². The number of aromatic nitrogens is 2. The van der Waals surface area contributed by atoms with Crippen molar-refractivity contribution < 1.29 is 4.52 Å². The Balaban J connectivity index is 2.03. The average Bonchev–Trinajstić information content (AvgIpc) is 2.64. The molecule has 2 heterocycles. The fourth-order valence-corrected chi connectivity index (χ4v) is 2.49. The summed E-state index contributed by atoms with van der Waals surface area (Å²) in [5.41, 5.74) is 0. The van der Waals surface area contributed by atoms with Crippen LogP contribution >= 0.6 is 0 Å². The molecule has 1 saturated heterocycles. The van der Waals surface area contributed by atoms with Crippen molar-refractivity contribution in [2.45, 2.75) is 51.6 Å². The van der Waals surface area contributed by atoms with Gasteiger partial charge in [0.25, 0.3) is 0 Å². The highest BCUT2D eigenvalue weighted by Gasteiger charge is 2.25. The monoisotopic (exact) mass is 225 g/mol. The summed E-state index contributed by atoms with van der Waals surface area (Å²) in [4.78, 5) is 16.0. The highest BCUT2D eigenvalue weighted by atomic mass is 16.5. The number of nitrogens with zero attached hydrogens (tertiary/aromatic N) is 2. The number of piperidine rings is 1. The molecular weight excluding hydrogens is 206 g/mol. The number of H-pyrrole nitrogens is 1. The molecule has 0 aliphatic carbocycles. The lowest BCUT2D eigenvalue weighted by Gasteiger charge is -2.38. The highest BCUT2D eigenvalue weighted by molar-refractivity contribution is 4.89. The summed E-state index contributed by atoms with van der Waals surface area (Å²) in [6, 6.07) is 1.03. The number of likely N-dealkylation sites (tertiary alicyclic amines) is 1. The Morgan fingerprint density at radius 3 is 3.00 bits per heavy atom. The van der Waals surface area contributed by atoms with Crippen molar-refractivity contribution in [1.82, 2.24) is 15.0 Å². The Morgan fingerprint density at radius 1 is 1.56 bits per heavy atom. The molecule has 0 amide bonds. The highest BCUT2D eigenvalue weighted by Crippen LogP contribution is 2.21.